The molecule has 0 spiro atoms. The van der Waals surface area contributed by atoms with Gasteiger partial charge in [-0.1, -0.05) is 24.6 Å². The number of nitrogens with zero attached hydrogens (tertiary/aromatic N) is 2. The Kier molecular flexibility index (Phi) is 5.01. The third-order valence-electron chi connectivity index (χ3n) is 4.44. The molecule has 0 radical (unpaired) electrons. The highest BCUT2D eigenvalue weighted by atomic mass is 19.1. The smallest absolute Gasteiger partial charge is 0.227 e. The van der Waals surface area contributed by atoms with E-state index in [1.165, 1.54) is 12.1 Å². The number of rotatable bonds is 3. The Morgan fingerprint density at radius 2 is 2.04 bits per heavy atom. The number of benzene rings is 1. The van der Waals surface area contributed by atoms with E-state index in [4.69, 9.17) is 0 Å². The number of hydrogen-bond donors (Lipinski definition) is 0. The van der Waals surface area contributed by atoms with Gasteiger partial charge in [0, 0.05) is 31.4 Å². The largest absolute Gasteiger partial charge is 0.342 e. The molecule has 0 aliphatic carbocycles. The monoisotopic (exact) mass is 312 g/mol. The number of carbonyl (C=O) groups is 1. The van der Waals surface area contributed by atoms with E-state index in [1.807, 2.05) is 29.2 Å². The van der Waals surface area contributed by atoms with Crippen LogP contribution in [0, 0.1) is 5.82 Å². The zero-order valence-electron chi connectivity index (χ0n) is 13.1. The summed E-state index contributed by atoms with van der Waals surface area (Å²) in [7, 11) is 0. The third-order valence-corrected chi connectivity index (χ3v) is 4.44. The van der Waals surface area contributed by atoms with E-state index < -0.39 is 0 Å². The van der Waals surface area contributed by atoms with E-state index in [9.17, 15) is 9.18 Å². The lowest BCUT2D eigenvalue weighted by atomic mass is 9.94. The van der Waals surface area contributed by atoms with Gasteiger partial charge in [0.25, 0.3) is 0 Å². The summed E-state index contributed by atoms with van der Waals surface area (Å²) in [5.41, 5.74) is 2.06. The Bertz CT molecular complexity index is 642. The molecule has 0 N–H and O–H groups in total. The average Bonchev–Trinajstić information content (AvgIpc) is 2.83. The second kappa shape index (κ2) is 7.36. The van der Waals surface area contributed by atoms with Crippen molar-refractivity contribution in [3.05, 3.63) is 65.7 Å². The first-order chi connectivity index (χ1) is 11.2. The van der Waals surface area contributed by atoms with Gasteiger partial charge in [-0.05, 0) is 42.2 Å². The summed E-state index contributed by atoms with van der Waals surface area (Å²) in [6, 6.07) is 10.5. The van der Waals surface area contributed by atoms with Gasteiger partial charge in [-0.25, -0.2) is 4.39 Å². The molecule has 0 bridgehead atoms. The maximum Gasteiger partial charge on any atom is 0.227 e. The molecule has 3 nitrogen and oxygen atoms in total. The van der Waals surface area contributed by atoms with Gasteiger partial charge in [0.1, 0.15) is 5.82 Å². The summed E-state index contributed by atoms with van der Waals surface area (Å²) in [5.74, 6) is 0.217. The summed E-state index contributed by atoms with van der Waals surface area (Å²) in [6.45, 7) is 1.52. The molecule has 1 saturated heterocycles. The van der Waals surface area contributed by atoms with Crippen molar-refractivity contribution in [2.45, 2.75) is 31.6 Å². The second-order valence-electron chi connectivity index (χ2n) is 6.12. The van der Waals surface area contributed by atoms with Crippen LogP contribution in [0.2, 0.25) is 0 Å². The zero-order chi connectivity index (χ0) is 16.1. The molecule has 1 aromatic heterocycles. The molecular weight excluding hydrogens is 291 g/mol. The summed E-state index contributed by atoms with van der Waals surface area (Å²) in [5, 5.41) is 0. The highest BCUT2D eigenvalue weighted by molar-refractivity contribution is 5.78. The molecular formula is C19H21FN2O. The Balaban J connectivity index is 1.69. The van der Waals surface area contributed by atoms with Crippen LogP contribution in [0.3, 0.4) is 0 Å². The summed E-state index contributed by atoms with van der Waals surface area (Å²) in [6.07, 6.45) is 7.01. The van der Waals surface area contributed by atoms with Crippen LogP contribution in [0.15, 0.2) is 48.8 Å². The summed E-state index contributed by atoms with van der Waals surface area (Å²) in [4.78, 5) is 18.6. The standard InChI is InChI=1S/C19H21FN2O/c20-18-8-6-16(7-9-18)17-5-1-2-11-22(14-17)19(23)12-15-4-3-10-21-13-15/h3-4,6-10,13,17H,1-2,5,11-12,14H2. The number of halogens is 1. The number of carbonyl (C=O) groups excluding carboxylic acids is 1. The molecule has 0 saturated carbocycles. The Morgan fingerprint density at radius 3 is 2.78 bits per heavy atom. The minimum Gasteiger partial charge on any atom is -0.342 e. The first kappa shape index (κ1) is 15.7. The Hall–Kier alpha value is -2.23. The highest BCUT2D eigenvalue weighted by Gasteiger charge is 2.23. The van der Waals surface area contributed by atoms with Gasteiger partial charge in [-0.15, -0.1) is 0 Å². The van der Waals surface area contributed by atoms with Gasteiger partial charge in [-0.3, -0.25) is 9.78 Å². The van der Waals surface area contributed by atoms with Crippen molar-refractivity contribution in [2.75, 3.05) is 13.1 Å². The van der Waals surface area contributed by atoms with Gasteiger partial charge >= 0.3 is 0 Å². The molecule has 23 heavy (non-hydrogen) atoms. The maximum atomic E-state index is 13.1. The predicted molar refractivity (Wildman–Crippen MR) is 87.5 cm³/mol. The number of hydrogen-bond acceptors (Lipinski definition) is 2. The normalized spacial score (nSPS) is 18.5. The van der Waals surface area contributed by atoms with Crippen molar-refractivity contribution < 1.29 is 9.18 Å². The van der Waals surface area contributed by atoms with Crippen molar-refractivity contribution in [3.63, 3.8) is 0 Å². The van der Waals surface area contributed by atoms with Crippen LogP contribution in [0.5, 0.6) is 0 Å². The van der Waals surface area contributed by atoms with Gasteiger partial charge in [0.05, 0.1) is 6.42 Å². The number of likely N-dealkylation sites (tertiary alicyclic amines) is 1. The molecule has 3 rings (SSSR count). The quantitative estimate of drug-likeness (QED) is 0.868. The van der Waals surface area contributed by atoms with Crippen molar-refractivity contribution in [2.24, 2.45) is 0 Å². The minimum atomic E-state index is -0.216. The lowest BCUT2D eigenvalue weighted by Gasteiger charge is -2.25. The number of amides is 1. The van der Waals surface area contributed by atoms with Crippen LogP contribution in [0.4, 0.5) is 4.39 Å². The fourth-order valence-corrected chi connectivity index (χ4v) is 3.16. The predicted octanol–water partition coefficient (Wildman–Crippen LogP) is 3.56. The fourth-order valence-electron chi connectivity index (χ4n) is 3.16. The third kappa shape index (κ3) is 4.15. The van der Waals surface area contributed by atoms with Crippen molar-refractivity contribution in [1.82, 2.24) is 9.88 Å². The molecule has 1 atom stereocenters. The zero-order valence-corrected chi connectivity index (χ0v) is 13.1. The van der Waals surface area contributed by atoms with Crippen LogP contribution in [0.25, 0.3) is 0 Å². The molecule has 1 amide bonds. The maximum absolute atomic E-state index is 13.1. The topological polar surface area (TPSA) is 33.2 Å². The molecule has 2 heterocycles. The summed E-state index contributed by atoms with van der Waals surface area (Å²) >= 11 is 0. The van der Waals surface area contributed by atoms with E-state index >= 15 is 0 Å². The summed E-state index contributed by atoms with van der Waals surface area (Å²) < 4.78 is 13.1. The Labute approximate surface area is 136 Å². The van der Waals surface area contributed by atoms with Crippen LogP contribution in [-0.4, -0.2) is 28.9 Å². The molecule has 1 fully saturated rings. The number of pyridine rings is 1. The number of aromatic nitrogens is 1. The lowest BCUT2D eigenvalue weighted by molar-refractivity contribution is -0.130. The molecule has 1 aromatic carbocycles. The first-order valence-corrected chi connectivity index (χ1v) is 8.14. The van der Waals surface area contributed by atoms with Gasteiger partial charge in [-0.2, -0.15) is 0 Å². The lowest BCUT2D eigenvalue weighted by Crippen LogP contribution is -2.35. The second-order valence-corrected chi connectivity index (χ2v) is 6.12. The molecule has 1 aliphatic heterocycles. The van der Waals surface area contributed by atoms with Gasteiger partial charge < -0.3 is 4.90 Å². The van der Waals surface area contributed by atoms with E-state index in [0.717, 1.165) is 36.9 Å². The van der Waals surface area contributed by atoms with E-state index in [2.05, 4.69) is 4.98 Å². The van der Waals surface area contributed by atoms with E-state index in [0.29, 0.717) is 13.0 Å². The van der Waals surface area contributed by atoms with Gasteiger partial charge in [0.15, 0.2) is 0 Å². The minimum absolute atomic E-state index is 0.145. The molecule has 2 aromatic rings. The Morgan fingerprint density at radius 1 is 1.22 bits per heavy atom. The van der Waals surface area contributed by atoms with E-state index in [-0.39, 0.29) is 17.6 Å². The first-order valence-electron chi connectivity index (χ1n) is 8.14. The SMILES string of the molecule is O=C(Cc1cccnc1)N1CCCCC(c2ccc(F)cc2)C1. The van der Waals surface area contributed by atoms with E-state index in [1.54, 1.807) is 12.4 Å². The van der Waals surface area contributed by atoms with Crippen LogP contribution < -0.4 is 0 Å². The molecule has 1 unspecified atom stereocenters. The molecule has 120 valence electrons. The van der Waals surface area contributed by atoms with Crippen molar-refractivity contribution in [1.29, 1.82) is 0 Å². The fraction of sp³-hybridized carbons (Fsp3) is 0.368. The van der Waals surface area contributed by atoms with Crippen molar-refractivity contribution in [3.8, 4) is 0 Å². The van der Waals surface area contributed by atoms with Crippen LogP contribution in [0.1, 0.15) is 36.3 Å². The molecule has 4 heteroatoms. The molecule has 1 aliphatic rings. The van der Waals surface area contributed by atoms with Gasteiger partial charge in [0.2, 0.25) is 5.91 Å². The van der Waals surface area contributed by atoms with Crippen LogP contribution in [-0.2, 0) is 11.2 Å². The van der Waals surface area contributed by atoms with Crippen molar-refractivity contribution >= 4 is 5.91 Å². The highest BCUT2D eigenvalue weighted by Crippen LogP contribution is 2.27. The average molecular weight is 312 g/mol. The van der Waals surface area contributed by atoms with Crippen LogP contribution >= 0.6 is 0 Å².